The number of hydrogen-bond donors (Lipinski definition) is 0. The van der Waals surface area contributed by atoms with E-state index in [-0.39, 0.29) is 0 Å². The fourth-order valence-corrected chi connectivity index (χ4v) is 0.532. The van der Waals surface area contributed by atoms with Crippen molar-refractivity contribution in [1.29, 1.82) is 0 Å². The van der Waals surface area contributed by atoms with E-state index in [4.69, 9.17) is 0 Å². The molecule has 1 aromatic heterocycles. The molecule has 0 aliphatic rings. The van der Waals surface area contributed by atoms with Gasteiger partial charge in [-0.25, -0.2) is 0 Å². The van der Waals surface area contributed by atoms with Gasteiger partial charge < -0.3 is 0 Å². The highest BCUT2D eigenvalue weighted by atomic mass is 19.1. The first kappa shape index (κ1) is 6.13. The molecule has 0 saturated heterocycles. The van der Waals surface area contributed by atoms with E-state index >= 15 is 0 Å². The largest absolute Gasteiger partial charge is 0.233 e. The Labute approximate surface area is 52.7 Å². The molecular weight excluding hydrogens is 119 g/mol. The fraction of sp³-hybridized carbons (Fsp3) is 0.333. The summed E-state index contributed by atoms with van der Waals surface area (Å²) in [6, 6.07) is 2.94. The van der Waals surface area contributed by atoms with Crippen LogP contribution in [0.25, 0.3) is 0 Å². The third kappa shape index (κ3) is 1.45. The second-order valence-electron chi connectivity index (χ2n) is 1.70. The van der Waals surface area contributed by atoms with E-state index in [0.717, 1.165) is 12.1 Å². The van der Waals surface area contributed by atoms with Crippen LogP contribution in [-0.4, -0.2) is 10.2 Å². The predicted octanol–water partition coefficient (Wildman–Crippen LogP) is 1.18. The van der Waals surface area contributed by atoms with Crippen LogP contribution < -0.4 is 0 Å². The van der Waals surface area contributed by atoms with E-state index in [0.29, 0.717) is 0 Å². The van der Waals surface area contributed by atoms with Crippen LogP contribution in [0, 0.1) is 5.95 Å². The van der Waals surface area contributed by atoms with Gasteiger partial charge in [0, 0.05) is 0 Å². The Kier molecular flexibility index (Phi) is 1.72. The van der Waals surface area contributed by atoms with Crippen molar-refractivity contribution in [3.63, 3.8) is 0 Å². The minimum absolute atomic E-state index is 0.521. The minimum Gasteiger partial charge on any atom is -0.183 e. The first-order chi connectivity index (χ1) is 4.33. The first-order valence-electron chi connectivity index (χ1n) is 2.81. The fourth-order valence-electron chi connectivity index (χ4n) is 0.532. The lowest BCUT2D eigenvalue weighted by Crippen LogP contribution is -1.91. The average Bonchev–Trinajstić information content (AvgIpc) is 1.90. The van der Waals surface area contributed by atoms with Crippen molar-refractivity contribution in [2.24, 2.45) is 0 Å². The summed E-state index contributed by atoms with van der Waals surface area (Å²) in [5.41, 5.74) is 0.816. The lowest BCUT2D eigenvalue weighted by Gasteiger charge is -1.89. The van der Waals surface area contributed by atoms with Gasteiger partial charge in [0.2, 0.25) is 5.95 Å². The molecule has 0 unspecified atom stereocenters. The molecule has 0 spiro atoms. The van der Waals surface area contributed by atoms with Crippen LogP contribution in [0.1, 0.15) is 12.6 Å². The maximum atomic E-state index is 12.0. The van der Waals surface area contributed by atoms with Crippen LogP contribution in [0.5, 0.6) is 0 Å². The Morgan fingerprint density at radius 3 is 2.67 bits per heavy atom. The summed E-state index contributed by atoms with van der Waals surface area (Å²) in [5, 5.41) is 6.81. The number of rotatable bonds is 1. The van der Waals surface area contributed by atoms with Gasteiger partial charge in [0.1, 0.15) is 0 Å². The maximum absolute atomic E-state index is 12.0. The Balaban J connectivity index is 2.88. The molecule has 0 aliphatic heterocycles. The van der Waals surface area contributed by atoms with Gasteiger partial charge in [-0.05, 0) is 18.6 Å². The van der Waals surface area contributed by atoms with E-state index in [1.54, 1.807) is 6.07 Å². The molecule has 1 aromatic rings. The highest BCUT2D eigenvalue weighted by Crippen LogP contribution is 1.93. The highest BCUT2D eigenvalue weighted by Gasteiger charge is 1.90. The van der Waals surface area contributed by atoms with Gasteiger partial charge in [0.05, 0.1) is 5.69 Å². The third-order valence-corrected chi connectivity index (χ3v) is 1.05. The predicted molar refractivity (Wildman–Crippen MR) is 31.4 cm³/mol. The number of halogens is 1. The van der Waals surface area contributed by atoms with Crippen molar-refractivity contribution >= 4 is 0 Å². The van der Waals surface area contributed by atoms with Crippen molar-refractivity contribution in [3.05, 3.63) is 23.8 Å². The molecule has 9 heavy (non-hydrogen) atoms. The molecule has 2 nitrogen and oxygen atoms in total. The van der Waals surface area contributed by atoms with E-state index in [1.807, 2.05) is 6.92 Å². The first-order valence-corrected chi connectivity index (χ1v) is 2.81. The van der Waals surface area contributed by atoms with E-state index in [2.05, 4.69) is 10.2 Å². The Bertz CT molecular complexity index is 183. The van der Waals surface area contributed by atoms with Gasteiger partial charge in [-0.15, -0.1) is 5.10 Å². The van der Waals surface area contributed by atoms with Gasteiger partial charge in [-0.1, -0.05) is 6.92 Å². The van der Waals surface area contributed by atoms with Crippen molar-refractivity contribution < 1.29 is 4.39 Å². The molecule has 0 atom stereocenters. The Morgan fingerprint density at radius 1 is 1.44 bits per heavy atom. The summed E-state index contributed by atoms with van der Waals surface area (Å²) in [6.45, 7) is 1.95. The Morgan fingerprint density at radius 2 is 2.22 bits per heavy atom. The average molecular weight is 126 g/mol. The van der Waals surface area contributed by atoms with Gasteiger partial charge in [-0.3, -0.25) is 0 Å². The normalized spacial score (nSPS) is 9.56. The molecule has 1 heterocycles. The van der Waals surface area contributed by atoms with Crippen molar-refractivity contribution in [2.45, 2.75) is 13.3 Å². The molecule has 0 bridgehead atoms. The summed E-state index contributed by atoms with van der Waals surface area (Å²) in [6.07, 6.45) is 0.799. The lowest BCUT2D eigenvalue weighted by molar-refractivity contribution is 0.559. The second kappa shape index (κ2) is 2.53. The molecule has 1 rings (SSSR count). The summed E-state index contributed by atoms with van der Waals surface area (Å²) in [7, 11) is 0. The molecule has 3 heteroatoms. The second-order valence-corrected chi connectivity index (χ2v) is 1.70. The van der Waals surface area contributed by atoms with Crippen LogP contribution in [0.2, 0.25) is 0 Å². The van der Waals surface area contributed by atoms with Crippen molar-refractivity contribution in [3.8, 4) is 0 Å². The van der Waals surface area contributed by atoms with Gasteiger partial charge in [0.25, 0.3) is 0 Å². The lowest BCUT2D eigenvalue weighted by atomic mass is 10.3. The molecule has 0 saturated carbocycles. The minimum atomic E-state index is -0.521. The zero-order valence-electron chi connectivity index (χ0n) is 5.13. The molecule has 0 fully saturated rings. The topological polar surface area (TPSA) is 25.8 Å². The van der Waals surface area contributed by atoms with Crippen LogP contribution >= 0.6 is 0 Å². The van der Waals surface area contributed by atoms with E-state index < -0.39 is 5.95 Å². The SMILES string of the molecule is CCc1ccc(F)nn1. The van der Waals surface area contributed by atoms with E-state index in [9.17, 15) is 4.39 Å². The molecule has 0 radical (unpaired) electrons. The molecule has 0 amide bonds. The quantitative estimate of drug-likeness (QED) is 0.564. The smallest absolute Gasteiger partial charge is 0.183 e. The van der Waals surface area contributed by atoms with Gasteiger partial charge in [0.15, 0.2) is 0 Å². The monoisotopic (exact) mass is 126 g/mol. The van der Waals surface area contributed by atoms with Crippen LogP contribution in [-0.2, 0) is 6.42 Å². The standard InChI is InChI=1S/C6H7FN2/c1-2-5-3-4-6(7)9-8-5/h3-4H,2H2,1H3. The number of aromatic nitrogens is 2. The summed E-state index contributed by atoms with van der Waals surface area (Å²) < 4.78 is 12.0. The summed E-state index contributed by atoms with van der Waals surface area (Å²) in [5.74, 6) is -0.521. The number of nitrogens with zero attached hydrogens (tertiary/aromatic N) is 2. The highest BCUT2D eigenvalue weighted by molar-refractivity contribution is 4.99. The molecule has 48 valence electrons. The van der Waals surface area contributed by atoms with Gasteiger partial charge in [-0.2, -0.15) is 9.49 Å². The molecular formula is C6H7FN2. The van der Waals surface area contributed by atoms with Crippen LogP contribution in [0.3, 0.4) is 0 Å². The summed E-state index contributed by atoms with van der Waals surface area (Å²) >= 11 is 0. The summed E-state index contributed by atoms with van der Waals surface area (Å²) in [4.78, 5) is 0. The van der Waals surface area contributed by atoms with Crippen LogP contribution in [0.4, 0.5) is 4.39 Å². The van der Waals surface area contributed by atoms with Crippen molar-refractivity contribution in [1.82, 2.24) is 10.2 Å². The number of hydrogen-bond acceptors (Lipinski definition) is 2. The third-order valence-electron chi connectivity index (χ3n) is 1.05. The zero-order valence-corrected chi connectivity index (χ0v) is 5.13. The number of aryl methyl sites for hydroxylation is 1. The van der Waals surface area contributed by atoms with Crippen molar-refractivity contribution in [2.75, 3.05) is 0 Å². The molecule has 0 aromatic carbocycles. The van der Waals surface area contributed by atoms with Gasteiger partial charge >= 0.3 is 0 Å². The van der Waals surface area contributed by atoms with E-state index in [1.165, 1.54) is 6.07 Å². The molecule has 0 N–H and O–H groups in total. The Hall–Kier alpha value is -0.990. The molecule has 0 aliphatic carbocycles. The van der Waals surface area contributed by atoms with Crippen LogP contribution in [0.15, 0.2) is 12.1 Å². The maximum Gasteiger partial charge on any atom is 0.233 e. The zero-order chi connectivity index (χ0) is 6.69.